The average Bonchev–Trinajstić information content (AvgIpc) is 3.05. The highest BCUT2D eigenvalue weighted by Gasteiger charge is 2.39. The summed E-state index contributed by atoms with van der Waals surface area (Å²) in [6.45, 7) is 5.56. The maximum atomic E-state index is 12.0. The largest absolute Gasteiger partial charge is 0.461 e. The molecular formula is C16H20N4O3. The Morgan fingerprint density at radius 1 is 1.35 bits per heavy atom. The highest BCUT2D eigenvalue weighted by molar-refractivity contribution is 5.88. The molecule has 122 valence electrons. The molecule has 7 nitrogen and oxygen atoms in total. The summed E-state index contributed by atoms with van der Waals surface area (Å²) in [6.07, 6.45) is 2.25. The molecule has 0 spiro atoms. The maximum Gasteiger partial charge on any atom is 0.358 e. The molecule has 2 fully saturated rings. The van der Waals surface area contributed by atoms with E-state index in [2.05, 4.69) is 15.0 Å². The number of carbonyl (C=O) groups excluding carboxylic acids is 1. The third-order valence-electron chi connectivity index (χ3n) is 4.53. The number of nitrogens with zero attached hydrogens (tertiary/aromatic N) is 4. The quantitative estimate of drug-likeness (QED) is 0.801. The lowest BCUT2D eigenvalue weighted by Crippen LogP contribution is -2.46. The molecule has 2 unspecified atom stereocenters. The van der Waals surface area contributed by atoms with Gasteiger partial charge in [-0.1, -0.05) is 0 Å². The van der Waals surface area contributed by atoms with Crippen molar-refractivity contribution in [1.29, 1.82) is 0 Å². The highest BCUT2D eigenvalue weighted by atomic mass is 16.5. The third kappa shape index (κ3) is 2.35. The molecule has 2 aliphatic rings. The van der Waals surface area contributed by atoms with Crippen LogP contribution in [0.2, 0.25) is 0 Å². The number of carbonyl (C=O) groups is 1. The Labute approximate surface area is 134 Å². The van der Waals surface area contributed by atoms with Gasteiger partial charge >= 0.3 is 5.97 Å². The van der Waals surface area contributed by atoms with Crippen LogP contribution in [-0.2, 0) is 9.47 Å². The molecule has 0 aromatic carbocycles. The first-order valence-electron chi connectivity index (χ1n) is 8.08. The van der Waals surface area contributed by atoms with Gasteiger partial charge in [0.2, 0.25) is 0 Å². The molecule has 0 amide bonds. The summed E-state index contributed by atoms with van der Waals surface area (Å²) in [4.78, 5) is 18.9. The fourth-order valence-corrected chi connectivity index (χ4v) is 3.57. The van der Waals surface area contributed by atoms with Crippen LogP contribution in [0.15, 0.2) is 12.1 Å². The second-order valence-electron chi connectivity index (χ2n) is 6.11. The van der Waals surface area contributed by atoms with Crippen molar-refractivity contribution in [2.75, 3.05) is 24.7 Å². The minimum Gasteiger partial charge on any atom is -0.461 e. The van der Waals surface area contributed by atoms with Gasteiger partial charge in [0.05, 0.1) is 31.9 Å². The smallest absolute Gasteiger partial charge is 0.358 e. The standard InChI is InChI=1S/C16H20N4O3/c1-3-23-16(21)13-7-14-17-10(2)6-15(20(14)18-13)19-11-4-5-12(19)9-22-8-11/h6-7,11-12H,3-5,8-9H2,1-2H3. The first kappa shape index (κ1) is 14.4. The van der Waals surface area contributed by atoms with E-state index in [-0.39, 0.29) is 0 Å². The first-order valence-corrected chi connectivity index (χ1v) is 8.08. The van der Waals surface area contributed by atoms with E-state index in [1.807, 2.05) is 13.0 Å². The van der Waals surface area contributed by atoms with Crippen molar-refractivity contribution < 1.29 is 14.3 Å². The van der Waals surface area contributed by atoms with Gasteiger partial charge in [-0.15, -0.1) is 0 Å². The van der Waals surface area contributed by atoms with Crippen LogP contribution >= 0.6 is 0 Å². The SMILES string of the molecule is CCOC(=O)c1cc2nc(C)cc(N3C4CCC3COC4)n2n1. The Balaban J connectivity index is 1.81. The summed E-state index contributed by atoms with van der Waals surface area (Å²) in [5, 5.41) is 4.44. The Kier molecular flexibility index (Phi) is 3.45. The second-order valence-corrected chi connectivity index (χ2v) is 6.11. The van der Waals surface area contributed by atoms with Crippen LogP contribution in [0.3, 0.4) is 0 Å². The Hall–Kier alpha value is -2.15. The molecule has 2 aromatic heterocycles. The monoisotopic (exact) mass is 316 g/mol. The van der Waals surface area contributed by atoms with Gasteiger partial charge in [0.1, 0.15) is 5.82 Å². The number of hydrogen-bond acceptors (Lipinski definition) is 6. The van der Waals surface area contributed by atoms with Gasteiger partial charge in [0.25, 0.3) is 0 Å². The predicted octanol–water partition coefficient (Wildman–Crippen LogP) is 1.58. The van der Waals surface area contributed by atoms with Gasteiger partial charge in [-0.3, -0.25) is 0 Å². The number of aryl methyl sites for hydroxylation is 1. The zero-order chi connectivity index (χ0) is 16.0. The normalized spacial score (nSPS) is 23.5. The molecule has 2 saturated heterocycles. The van der Waals surface area contributed by atoms with Crippen molar-refractivity contribution in [3.63, 3.8) is 0 Å². The zero-order valence-corrected chi connectivity index (χ0v) is 13.4. The van der Waals surface area contributed by atoms with Gasteiger partial charge < -0.3 is 14.4 Å². The molecule has 0 N–H and O–H groups in total. The molecular weight excluding hydrogens is 296 g/mol. The summed E-state index contributed by atoms with van der Waals surface area (Å²) < 4.78 is 12.5. The zero-order valence-electron chi connectivity index (χ0n) is 13.4. The molecule has 23 heavy (non-hydrogen) atoms. The van der Waals surface area contributed by atoms with E-state index in [1.54, 1.807) is 17.5 Å². The lowest BCUT2D eigenvalue weighted by molar-refractivity contribution is 0.0519. The van der Waals surface area contributed by atoms with E-state index in [9.17, 15) is 4.79 Å². The Bertz CT molecular complexity index is 741. The highest BCUT2D eigenvalue weighted by Crippen LogP contribution is 2.34. The van der Waals surface area contributed by atoms with Crippen molar-refractivity contribution in [3.8, 4) is 0 Å². The summed E-state index contributed by atoms with van der Waals surface area (Å²) in [6, 6.07) is 4.46. The fraction of sp³-hybridized carbons (Fsp3) is 0.562. The summed E-state index contributed by atoms with van der Waals surface area (Å²) in [5.41, 5.74) is 1.88. The topological polar surface area (TPSA) is 69.0 Å². The fourth-order valence-electron chi connectivity index (χ4n) is 3.57. The van der Waals surface area contributed by atoms with Crippen LogP contribution in [0.1, 0.15) is 35.9 Å². The van der Waals surface area contributed by atoms with Gasteiger partial charge in [-0.05, 0) is 26.7 Å². The lowest BCUT2D eigenvalue weighted by atomic mass is 10.2. The van der Waals surface area contributed by atoms with Crippen LogP contribution in [0.5, 0.6) is 0 Å². The molecule has 0 radical (unpaired) electrons. The molecule has 2 aliphatic heterocycles. The van der Waals surface area contributed by atoms with Crippen LogP contribution in [0.4, 0.5) is 5.82 Å². The van der Waals surface area contributed by atoms with Gasteiger partial charge in [0.15, 0.2) is 11.3 Å². The van der Waals surface area contributed by atoms with E-state index < -0.39 is 5.97 Å². The van der Waals surface area contributed by atoms with Crippen molar-refractivity contribution in [2.45, 2.75) is 38.8 Å². The molecule has 2 bridgehead atoms. The van der Waals surface area contributed by atoms with Gasteiger partial charge in [-0.2, -0.15) is 9.61 Å². The van der Waals surface area contributed by atoms with Crippen LogP contribution in [0.25, 0.3) is 5.65 Å². The Morgan fingerprint density at radius 2 is 2.09 bits per heavy atom. The number of morpholine rings is 1. The number of aromatic nitrogens is 3. The van der Waals surface area contributed by atoms with Crippen LogP contribution < -0.4 is 4.90 Å². The van der Waals surface area contributed by atoms with Crippen LogP contribution in [-0.4, -0.2) is 52.5 Å². The van der Waals surface area contributed by atoms with Crippen molar-refractivity contribution in [2.24, 2.45) is 0 Å². The van der Waals surface area contributed by atoms with Crippen molar-refractivity contribution in [1.82, 2.24) is 14.6 Å². The number of rotatable bonds is 3. The number of hydrogen-bond donors (Lipinski definition) is 0. The van der Waals surface area contributed by atoms with E-state index in [4.69, 9.17) is 9.47 Å². The number of anilines is 1. The van der Waals surface area contributed by atoms with E-state index >= 15 is 0 Å². The van der Waals surface area contributed by atoms with E-state index in [0.717, 1.165) is 37.6 Å². The minimum atomic E-state index is -0.411. The molecule has 0 saturated carbocycles. The average molecular weight is 316 g/mol. The minimum absolute atomic E-state index is 0.298. The lowest BCUT2D eigenvalue weighted by Gasteiger charge is -2.36. The molecule has 0 aliphatic carbocycles. The van der Waals surface area contributed by atoms with Crippen molar-refractivity contribution >= 4 is 17.4 Å². The van der Waals surface area contributed by atoms with Crippen molar-refractivity contribution in [3.05, 3.63) is 23.5 Å². The van der Waals surface area contributed by atoms with E-state index in [0.29, 0.717) is 30.0 Å². The van der Waals surface area contributed by atoms with E-state index in [1.165, 1.54) is 0 Å². The molecule has 2 atom stereocenters. The number of esters is 1. The summed E-state index contributed by atoms with van der Waals surface area (Å²) >= 11 is 0. The summed E-state index contributed by atoms with van der Waals surface area (Å²) in [7, 11) is 0. The number of fused-ring (bicyclic) bond motifs is 3. The predicted molar refractivity (Wildman–Crippen MR) is 83.8 cm³/mol. The Morgan fingerprint density at radius 3 is 2.78 bits per heavy atom. The van der Waals surface area contributed by atoms with Crippen LogP contribution in [0, 0.1) is 6.92 Å². The summed E-state index contributed by atoms with van der Waals surface area (Å²) in [5.74, 6) is 0.574. The molecule has 4 heterocycles. The molecule has 2 aromatic rings. The van der Waals surface area contributed by atoms with Gasteiger partial charge in [-0.25, -0.2) is 9.78 Å². The maximum absolute atomic E-state index is 12.0. The third-order valence-corrected chi connectivity index (χ3v) is 4.53. The number of ether oxygens (including phenoxy) is 2. The second kappa shape index (κ2) is 5.49. The molecule has 4 rings (SSSR count). The first-order chi connectivity index (χ1) is 11.2. The molecule has 7 heteroatoms. The van der Waals surface area contributed by atoms with Gasteiger partial charge in [0, 0.05) is 17.8 Å².